The van der Waals surface area contributed by atoms with E-state index in [-0.39, 0.29) is 6.42 Å². The summed E-state index contributed by atoms with van der Waals surface area (Å²) in [5.74, 6) is -12.9. The summed E-state index contributed by atoms with van der Waals surface area (Å²) in [6.45, 7) is 3.84. The number of benzene rings is 1. The molecule has 0 radical (unpaired) electrons. The molecule has 1 aromatic rings. The predicted octanol–water partition coefficient (Wildman–Crippen LogP) is 8.74. The third-order valence-corrected chi connectivity index (χ3v) is 7.98. The molecule has 0 fully saturated rings. The molecule has 0 N–H and O–H groups in total. The molecule has 10 heteroatoms. The Kier molecular flexibility index (Phi) is 15.3. The van der Waals surface area contributed by atoms with Crippen molar-refractivity contribution in [2.24, 2.45) is 0 Å². The first kappa shape index (κ1) is 30.2. The number of thioether (sulfide) groups is 2. The van der Waals surface area contributed by atoms with Crippen LogP contribution in [0.5, 0.6) is 5.75 Å². The molecule has 1 unspecified atom stereocenters. The Labute approximate surface area is 206 Å². The van der Waals surface area contributed by atoms with Crippen molar-refractivity contribution >= 4 is 45.2 Å². The quantitative estimate of drug-likeness (QED) is 0.0430. The van der Waals surface area contributed by atoms with Gasteiger partial charge < -0.3 is 4.74 Å². The fraction of sp³-hybridized carbons (Fsp3) is 0.652. The highest BCUT2D eigenvalue weighted by Crippen LogP contribution is 2.31. The Bertz CT molecular complexity index is 748. The van der Waals surface area contributed by atoms with Crippen LogP contribution in [0.1, 0.15) is 84.5 Å². The lowest BCUT2D eigenvalue weighted by Crippen LogP contribution is -2.25. The molecule has 0 bridgehead atoms. The minimum absolute atomic E-state index is 0.206. The molecular weight excluding hydrogens is 499 g/mol. The lowest BCUT2D eigenvalue weighted by atomic mass is 10.1. The zero-order valence-corrected chi connectivity index (χ0v) is 21.4. The van der Waals surface area contributed by atoms with Gasteiger partial charge in [-0.25, -0.2) is 13.2 Å². The van der Waals surface area contributed by atoms with Gasteiger partial charge in [0.2, 0.25) is 34.8 Å². The minimum atomic E-state index is -2.31. The van der Waals surface area contributed by atoms with E-state index in [2.05, 4.69) is 11.7 Å². The lowest BCUT2D eigenvalue weighted by Gasteiger charge is -2.15. The average molecular weight is 531 g/mol. The summed E-state index contributed by atoms with van der Waals surface area (Å²) in [6, 6.07) is 0. The average Bonchev–Trinajstić information content (AvgIpc) is 2.80. The fourth-order valence-corrected chi connectivity index (χ4v) is 5.56. The smallest absolute Gasteiger partial charge is 0.325 e. The first-order valence-corrected chi connectivity index (χ1v) is 13.6. The van der Waals surface area contributed by atoms with E-state index in [1.54, 1.807) is 6.92 Å². The van der Waals surface area contributed by atoms with Gasteiger partial charge in [0.1, 0.15) is 8.78 Å². The second-order valence-electron chi connectivity index (χ2n) is 7.62. The number of hydrogen-bond acceptors (Lipinski definition) is 5. The Balaban J connectivity index is 2.37. The van der Waals surface area contributed by atoms with Gasteiger partial charge >= 0.3 is 5.97 Å². The van der Waals surface area contributed by atoms with Crippen molar-refractivity contribution in [2.45, 2.75) is 89.7 Å². The first-order chi connectivity index (χ1) is 15.7. The van der Waals surface area contributed by atoms with Gasteiger partial charge in [-0.1, -0.05) is 95.6 Å². The van der Waals surface area contributed by atoms with E-state index in [1.807, 2.05) is 0 Å². The Morgan fingerprint density at radius 1 is 0.788 bits per heavy atom. The Morgan fingerprint density at radius 3 is 1.73 bits per heavy atom. The van der Waals surface area contributed by atoms with Crippen molar-refractivity contribution in [3.05, 3.63) is 29.1 Å². The van der Waals surface area contributed by atoms with Crippen LogP contribution in [-0.4, -0.2) is 20.5 Å². The molecule has 0 amide bonds. The van der Waals surface area contributed by atoms with Crippen molar-refractivity contribution in [1.29, 1.82) is 0 Å². The number of thiocarbonyl (C=S) groups is 1. The molecule has 1 atom stereocenters. The third-order valence-electron chi connectivity index (χ3n) is 4.96. The SMILES string of the molecule is CCCCCCCCCCCCSC(=S)SC(CC)C(=O)Oc1c(F)c(F)c(F)c(F)c1F. The summed E-state index contributed by atoms with van der Waals surface area (Å²) in [4.78, 5) is 12.3. The van der Waals surface area contributed by atoms with E-state index in [9.17, 15) is 26.7 Å². The van der Waals surface area contributed by atoms with E-state index in [0.717, 1.165) is 30.4 Å². The van der Waals surface area contributed by atoms with Crippen LogP contribution in [0.15, 0.2) is 0 Å². The molecule has 33 heavy (non-hydrogen) atoms. The van der Waals surface area contributed by atoms with Crippen LogP contribution >= 0.6 is 35.7 Å². The summed E-state index contributed by atoms with van der Waals surface area (Å²) >= 11 is 7.65. The van der Waals surface area contributed by atoms with Crippen LogP contribution < -0.4 is 4.74 Å². The van der Waals surface area contributed by atoms with E-state index < -0.39 is 46.1 Å². The molecule has 1 aromatic carbocycles. The lowest BCUT2D eigenvalue weighted by molar-refractivity contribution is -0.134. The van der Waals surface area contributed by atoms with Crippen molar-refractivity contribution in [3.8, 4) is 5.75 Å². The maximum absolute atomic E-state index is 13.7. The van der Waals surface area contributed by atoms with E-state index >= 15 is 0 Å². The molecule has 0 aliphatic rings. The molecule has 0 aromatic heterocycles. The van der Waals surface area contributed by atoms with Crippen molar-refractivity contribution in [3.63, 3.8) is 0 Å². The maximum Gasteiger partial charge on any atom is 0.325 e. The zero-order chi connectivity index (χ0) is 24.8. The van der Waals surface area contributed by atoms with E-state index in [4.69, 9.17) is 12.2 Å². The van der Waals surface area contributed by atoms with Crippen molar-refractivity contribution in [2.75, 3.05) is 5.75 Å². The van der Waals surface area contributed by atoms with Gasteiger partial charge in [0.05, 0.1) is 0 Å². The van der Waals surface area contributed by atoms with Gasteiger partial charge in [0, 0.05) is 0 Å². The first-order valence-electron chi connectivity index (χ1n) is 11.3. The van der Waals surface area contributed by atoms with Crippen molar-refractivity contribution < 1.29 is 31.5 Å². The fourth-order valence-electron chi connectivity index (χ4n) is 3.03. The van der Waals surface area contributed by atoms with Crippen LogP contribution in [0, 0.1) is 29.1 Å². The number of hydrogen-bond donors (Lipinski definition) is 0. The number of carbonyl (C=O) groups excluding carboxylic acids is 1. The maximum atomic E-state index is 13.7. The second kappa shape index (κ2) is 16.7. The number of unbranched alkanes of at least 4 members (excludes halogenated alkanes) is 9. The Morgan fingerprint density at radius 2 is 1.24 bits per heavy atom. The van der Waals surface area contributed by atoms with E-state index in [1.165, 1.54) is 63.1 Å². The molecular formula is C23H31F5O2S3. The normalized spacial score (nSPS) is 12.1. The molecule has 0 aliphatic carbocycles. The van der Waals surface area contributed by atoms with Gasteiger partial charge in [-0.05, 0) is 18.6 Å². The van der Waals surface area contributed by atoms with Gasteiger partial charge in [-0.15, -0.1) is 11.8 Å². The topological polar surface area (TPSA) is 26.3 Å². The molecule has 188 valence electrons. The highest BCUT2D eigenvalue weighted by Gasteiger charge is 2.31. The largest absolute Gasteiger partial charge is 0.419 e. The second-order valence-corrected chi connectivity index (χ2v) is 11.1. The number of carbonyl (C=O) groups is 1. The molecule has 0 saturated heterocycles. The third kappa shape index (κ3) is 10.5. The number of ether oxygens (including phenoxy) is 1. The van der Waals surface area contributed by atoms with E-state index in [0.29, 0.717) is 3.53 Å². The van der Waals surface area contributed by atoms with Gasteiger partial charge in [-0.3, -0.25) is 4.79 Å². The predicted molar refractivity (Wildman–Crippen MR) is 130 cm³/mol. The molecule has 0 saturated carbocycles. The number of halogens is 5. The van der Waals surface area contributed by atoms with Crippen LogP contribution in [-0.2, 0) is 4.79 Å². The summed E-state index contributed by atoms with van der Waals surface area (Å²) in [7, 11) is 0. The highest BCUT2D eigenvalue weighted by molar-refractivity contribution is 8.47. The van der Waals surface area contributed by atoms with Crippen LogP contribution in [0.2, 0.25) is 0 Å². The monoisotopic (exact) mass is 530 g/mol. The Hall–Kier alpha value is -0.870. The zero-order valence-electron chi connectivity index (χ0n) is 19.0. The number of esters is 1. The molecule has 1 rings (SSSR count). The van der Waals surface area contributed by atoms with Crippen LogP contribution in [0.3, 0.4) is 0 Å². The van der Waals surface area contributed by atoms with Gasteiger partial charge in [0.15, 0.2) is 0 Å². The molecule has 0 spiro atoms. The molecule has 0 heterocycles. The van der Waals surface area contributed by atoms with Crippen molar-refractivity contribution in [1.82, 2.24) is 0 Å². The summed E-state index contributed by atoms with van der Waals surface area (Å²) in [5, 5.41) is -0.923. The van der Waals surface area contributed by atoms with Crippen LogP contribution in [0.4, 0.5) is 22.0 Å². The van der Waals surface area contributed by atoms with Crippen LogP contribution in [0.25, 0.3) is 0 Å². The number of rotatable bonds is 15. The minimum Gasteiger partial charge on any atom is -0.419 e. The highest BCUT2D eigenvalue weighted by atomic mass is 32.2. The standard InChI is InChI=1S/C23H31F5O2S3/c1-3-5-6-7-8-9-10-11-12-13-14-32-23(31)33-15(4-2)22(29)30-21-19(27)17(25)16(24)18(26)20(21)28/h15H,3-14H2,1-2H3. The summed E-state index contributed by atoms with van der Waals surface area (Å²) < 4.78 is 72.2. The summed E-state index contributed by atoms with van der Waals surface area (Å²) in [5.41, 5.74) is 0. The summed E-state index contributed by atoms with van der Waals surface area (Å²) in [6.07, 6.45) is 12.4. The van der Waals surface area contributed by atoms with Gasteiger partial charge in [0.25, 0.3) is 0 Å². The molecule has 0 aliphatic heterocycles. The molecule has 2 nitrogen and oxygen atoms in total. The van der Waals surface area contributed by atoms with Gasteiger partial charge in [-0.2, -0.15) is 8.78 Å².